The van der Waals surface area contributed by atoms with Crippen molar-refractivity contribution >= 4 is 39.1 Å². The Morgan fingerprint density at radius 3 is 2.69 bits per heavy atom. The summed E-state index contributed by atoms with van der Waals surface area (Å²) in [6.07, 6.45) is 0. The largest absolute Gasteiger partial charge is 0.421 e. The Morgan fingerprint density at radius 1 is 1.19 bits per heavy atom. The van der Waals surface area contributed by atoms with Gasteiger partial charge in [-0.25, -0.2) is 13.9 Å². The summed E-state index contributed by atoms with van der Waals surface area (Å²) >= 11 is 7.21. The van der Waals surface area contributed by atoms with Crippen molar-refractivity contribution in [2.24, 2.45) is 0 Å². The topological polar surface area (TPSA) is 44.1 Å². The number of benzene rings is 2. The zero-order chi connectivity index (χ0) is 18.3. The van der Waals surface area contributed by atoms with E-state index in [4.69, 9.17) is 16.3 Å². The van der Waals surface area contributed by atoms with E-state index in [0.29, 0.717) is 4.88 Å². The van der Waals surface area contributed by atoms with Crippen LogP contribution in [0.1, 0.15) is 15.4 Å². The molecule has 130 valence electrons. The van der Waals surface area contributed by atoms with E-state index in [1.807, 2.05) is 37.3 Å². The van der Waals surface area contributed by atoms with E-state index in [0.717, 1.165) is 27.7 Å². The number of para-hydroxylation sites is 1. The van der Waals surface area contributed by atoms with Gasteiger partial charge in [0.15, 0.2) is 0 Å². The van der Waals surface area contributed by atoms with Crippen molar-refractivity contribution in [2.45, 2.75) is 6.92 Å². The second-order valence-electron chi connectivity index (χ2n) is 5.63. The Morgan fingerprint density at radius 2 is 1.96 bits per heavy atom. The van der Waals surface area contributed by atoms with E-state index >= 15 is 0 Å². The van der Waals surface area contributed by atoms with Crippen LogP contribution in [0.5, 0.6) is 5.75 Å². The van der Waals surface area contributed by atoms with Gasteiger partial charge in [-0.1, -0.05) is 29.8 Å². The fourth-order valence-electron chi connectivity index (χ4n) is 2.60. The van der Waals surface area contributed by atoms with Crippen LogP contribution in [-0.2, 0) is 0 Å². The van der Waals surface area contributed by atoms with E-state index in [1.165, 1.54) is 23.5 Å². The Labute approximate surface area is 157 Å². The van der Waals surface area contributed by atoms with Crippen molar-refractivity contribution in [1.29, 1.82) is 0 Å². The van der Waals surface area contributed by atoms with Crippen LogP contribution in [0, 0.1) is 12.7 Å². The number of aryl methyl sites for hydroxylation is 1. The number of hydrogen-bond donors (Lipinski definition) is 0. The molecule has 7 heteroatoms. The molecule has 0 unspecified atom stereocenters. The summed E-state index contributed by atoms with van der Waals surface area (Å²) in [4.78, 5) is 13.8. The highest BCUT2D eigenvalue weighted by Crippen LogP contribution is 2.32. The molecule has 0 fully saturated rings. The molecule has 0 aliphatic carbocycles. The van der Waals surface area contributed by atoms with Crippen molar-refractivity contribution in [3.05, 3.63) is 76.0 Å². The second kappa shape index (κ2) is 6.55. The Bertz CT molecular complexity index is 1120. The summed E-state index contributed by atoms with van der Waals surface area (Å²) in [6.45, 7) is 1.89. The number of aromatic nitrogens is 2. The van der Waals surface area contributed by atoms with Crippen molar-refractivity contribution in [3.8, 4) is 11.4 Å². The summed E-state index contributed by atoms with van der Waals surface area (Å²) in [6, 6.07) is 15.1. The highest BCUT2D eigenvalue weighted by molar-refractivity contribution is 7.20. The normalized spacial score (nSPS) is 11.0. The third-order valence-corrected chi connectivity index (χ3v) is 5.23. The number of nitrogens with zero attached hydrogens (tertiary/aromatic N) is 2. The molecule has 0 aliphatic rings. The minimum atomic E-state index is -0.543. The van der Waals surface area contributed by atoms with E-state index < -0.39 is 11.8 Å². The highest BCUT2D eigenvalue weighted by atomic mass is 35.5. The highest BCUT2D eigenvalue weighted by Gasteiger charge is 2.19. The maximum Gasteiger partial charge on any atom is 0.353 e. The number of carbonyl (C=O) groups is 1. The molecular formula is C19H12ClFN2O2S. The molecule has 0 saturated carbocycles. The third kappa shape index (κ3) is 2.98. The van der Waals surface area contributed by atoms with Crippen LogP contribution in [-0.4, -0.2) is 15.7 Å². The molecule has 0 bridgehead atoms. The molecule has 4 rings (SSSR count). The molecule has 0 spiro atoms. The van der Waals surface area contributed by atoms with E-state index in [9.17, 15) is 9.18 Å². The lowest BCUT2D eigenvalue weighted by molar-refractivity contribution is 0.0740. The molecule has 0 atom stereocenters. The smallest absolute Gasteiger partial charge is 0.353 e. The van der Waals surface area contributed by atoms with Gasteiger partial charge in [-0.2, -0.15) is 5.10 Å². The number of rotatable bonds is 3. The zero-order valence-corrected chi connectivity index (χ0v) is 15.1. The fraction of sp³-hybridized carbons (Fsp3) is 0.0526. The van der Waals surface area contributed by atoms with Crippen molar-refractivity contribution in [3.63, 3.8) is 0 Å². The minimum Gasteiger partial charge on any atom is -0.421 e. The first kappa shape index (κ1) is 16.8. The summed E-state index contributed by atoms with van der Waals surface area (Å²) < 4.78 is 20.2. The first-order valence-corrected chi connectivity index (χ1v) is 8.94. The van der Waals surface area contributed by atoms with E-state index in [-0.39, 0.29) is 10.8 Å². The first-order valence-electron chi connectivity index (χ1n) is 7.75. The van der Waals surface area contributed by atoms with Crippen LogP contribution in [0.15, 0.2) is 54.6 Å². The summed E-state index contributed by atoms with van der Waals surface area (Å²) in [7, 11) is 0. The molecule has 0 aliphatic heterocycles. The average Bonchev–Trinajstić information content (AvgIpc) is 3.19. The molecule has 26 heavy (non-hydrogen) atoms. The second-order valence-corrected chi connectivity index (χ2v) is 7.06. The quantitative estimate of drug-likeness (QED) is 0.349. The van der Waals surface area contributed by atoms with Gasteiger partial charge in [0.05, 0.1) is 16.4 Å². The monoisotopic (exact) mass is 386 g/mol. The van der Waals surface area contributed by atoms with Gasteiger partial charge in [0.2, 0.25) is 0 Å². The molecule has 2 aromatic heterocycles. The molecule has 0 radical (unpaired) electrons. The molecule has 4 nitrogen and oxygen atoms in total. The molecule has 4 aromatic rings. The number of hydrogen-bond acceptors (Lipinski definition) is 4. The number of halogens is 2. The van der Waals surface area contributed by atoms with Crippen molar-refractivity contribution < 1.29 is 13.9 Å². The minimum absolute atomic E-state index is 0.0473. The lowest BCUT2D eigenvalue weighted by Gasteiger charge is -2.05. The predicted octanol–water partition coefficient (Wildman–Crippen LogP) is 5.41. The van der Waals surface area contributed by atoms with Gasteiger partial charge in [0, 0.05) is 5.39 Å². The van der Waals surface area contributed by atoms with Crippen LogP contribution >= 0.6 is 22.9 Å². The number of carbonyl (C=O) groups excluding carboxylic acids is 1. The number of fused-ring (bicyclic) bond motifs is 1. The fourth-order valence-corrected chi connectivity index (χ4v) is 3.87. The van der Waals surface area contributed by atoms with Crippen LogP contribution in [0.25, 0.3) is 15.9 Å². The molecule has 0 amide bonds. The number of thiophene rings is 1. The molecule has 2 heterocycles. The molecule has 0 N–H and O–H groups in total. The van der Waals surface area contributed by atoms with Crippen molar-refractivity contribution in [1.82, 2.24) is 9.78 Å². The van der Waals surface area contributed by atoms with Gasteiger partial charge >= 0.3 is 5.97 Å². The number of ether oxygens (including phenoxy) is 1. The van der Waals surface area contributed by atoms with Crippen LogP contribution < -0.4 is 4.74 Å². The van der Waals surface area contributed by atoms with Gasteiger partial charge in [-0.05, 0) is 43.3 Å². The molecular weight excluding hydrogens is 375 g/mol. The van der Waals surface area contributed by atoms with E-state index in [2.05, 4.69) is 5.10 Å². The van der Waals surface area contributed by atoms with Gasteiger partial charge in [0.1, 0.15) is 21.3 Å². The maximum absolute atomic E-state index is 13.1. The third-order valence-electron chi connectivity index (χ3n) is 3.84. The summed E-state index contributed by atoms with van der Waals surface area (Å²) in [5.74, 6) is -0.911. The SMILES string of the molecule is Cc1nn(-c2ccccc2)c2sc(C(=O)Oc3ccc(F)cc3Cl)cc12. The van der Waals surface area contributed by atoms with Gasteiger partial charge in [-0.3, -0.25) is 0 Å². The van der Waals surface area contributed by atoms with Crippen LogP contribution in [0.2, 0.25) is 5.02 Å². The van der Waals surface area contributed by atoms with Gasteiger partial charge < -0.3 is 4.74 Å². The molecule has 2 aromatic carbocycles. The van der Waals surface area contributed by atoms with Crippen LogP contribution in [0.4, 0.5) is 4.39 Å². The Balaban J connectivity index is 1.70. The lowest BCUT2D eigenvalue weighted by Crippen LogP contribution is -2.07. The lowest BCUT2D eigenvalue weighted by atomic mass is 10.3. The summed E-state index contributed by atoms with van der Waals surface area (Å²) in [5, 5.41) is 5.47. The maximum atomic E-state index is 13.1. The van der Waals surface area contributed by atoms with Gasteiger partial charge in [-0.15, -0.1) is 11.3 Å². The summed E-state index contributed by atoms with van der Waals surface area (Å²) in [5.41, 5.74) is 1.73. The standard InChI is InChI=1S/C19H12ClFN2O2S/c1-11-14-10-17(19(24)25-16-8-7-12(21)9-15(16)20)26-18(14)23(22-11)13-5-3-2-4-6-13/h2-10H,1H3. The Hall–Kier alpha value is -2.70. The van der Waals surface area contributed by atoms with E-state index in [1.54, 1.807) is 10.7 Å². The van der Waals surface area contributed by atoms with Crippen LogP contribution in [0.3, 0.4) is 0 Å². The molecule has 0 saturated heterocycles. The first-order chi connectivity index (χ1) is 12.5. The van der Waals surface area contributed by atoms with Gasteiger partial charge in [0.25, 0.3) is 0 Å². The number of esters is 1. The Kier molecular flexibility index (Phi) is 4.22. The van der Waals surface area contributed by atoms with Crippen molar-refractivity contribution in [2.75, 3.05) is 0 Å². The zero-order valence-electron chi connectivity index (χ0n) is 13.6. The predicted molar refractivity (Wildman–Crippen MR) is 100 cm³/mol. The average molecular weight is 387 g/mol.